The van der Waals surface area contributed by atoms with E-state index in [9.17, 15) is 0 Å². The van der Waals surface area contributed by atoms with Gasteiger partial charge in [-0.1, -0.05) is 23.2 Å². The normalized spacial score (nSPS) is 10.6. The maximum Gasteiger partial charge on any atom is 0.154 e. The van der Waals surface area contributed by atoms with Gasteiger partial charge in [0.25, 0.3) is 0 Å². The van der Waals surface area contributed by atoms with Gasteiger partial charge in [-0.25, -0.2) is 4.98 Å². The Labute approximate surface area is 110 Å². The van der Waals surface area contributed by atoms with Crippen LogP contribution in [0.1, 0.15) is 11.3 Å². The molecule has 2 rings (SSSR count). The molecule has 2 aromatic heterocycles. The summed E-state index contributed by atoms with van der Waals surface area (Å²) in [6.07, 6.45) is 2.01. The average molecular weight is 270 g/mol. The molecule has 0 aromatic carbocycles. The molecule has 5 heteroatoms. The summed E-state index contributed by atoms with van der Waals surface area (Å²) < 4.78 is 2.06. The Morgan fingerprint density at radius 3 is 2.76 bits per heavy atom. The molecule has 1 N–H and O–H groups in total. The Kier molecular flexibility index (Phi) is 3.60. The molecule has 90 valence electrons. The Morgan fingerprint density at radius 1 is 1.41 bits per heavy atom. The van der Waals surface area contributed by atoms with Gasteiger partial charge in [0.05, 0.1) is 12.2 Å². The van der Waals surface area contributed by atoms with Crippen molar-refractivity contribution in [3.05, 3.63) is 46.0 Å². The van der Waals surface area contributed by atoms with Crippen LogP contribution in [0.5, 0.6) is 0 Å². The first-order chi connectivity index (χ1) is 8.08. The van der Waals surface area contributed by atoms with Crippen molar-refractivity contribution in [2.75, 3.05) is 5.32 Å². The van der Waals surface area contributed by atoms with Crippen molar-refractivity contribution < 1.29 is 0 Å². The summed E-state index contributed by atoms with van der Waals surface area (Å²) in [5, 5.41) is 4.10. The fourth-order valence-electron chi connectivity index (χ4n) is 1.67. The number of rotatable bonds is 3. The quantitative estimate of drug-likeness (QED) is 0.863. The molecule has 2 aromatic rings. The molecule has 0 saturated heterocycles. The first-order valence-corrected chi connectivity index (χ1v) is 6.00. The third-order valence-electron chi connectivity index (χ3n) is 2.64. The van der Waals surface area contributed by atoms with Gasteiger partial charge in [-0.15, -0.1) is 0 Å². The van der Waals surface area contributed by atoms with Crippen LogP contribution in [-0.4, -0.2) is 9.55 Å². The summed E-state index contributed by atoms with van der Waals surface area (Å²) in [6.45, 7) is 2.65. The predicted molar refractivity (Wildman–Crippen MR) is 71.7 cm³/mol. The number of pyridine rings is 1. The lowest BCUT2D eigenvalue weighted by Gasteiger charge is -2.11. The second-order valence-electron chi connectivity index (χ2n) is 3.89. The molecule has 3 nitrogen and oxygen atoms in total. The molecule has 0 radical (unpaired) electrons. The fourth-order valence-corrected chi connectivity index (χ4v) is 2.27. The van der Waals surface area contributed by atoms with Gasteiger partial charge in [0.2, 0.25) is 0 Å². The number of halogens is 2. The van der Waals surface area contributed by atoms with E-state index in [2.05, 4.69) is 20.9 Å². The largest absolute Gasteiger partial charge is 0.377 e. The fraction of sp³-hybridized carbons (Fsp3) is 0.250. The van der Waals surface area contributed by atoms with Crippen molar-refractivity contribution in [3.8, 4) is 0 Å². The summed E-state index contributed by atoms with van der Waals surface area (Å²) >= 11 is 11.9. The van der Waals surface area contributed by atoms with Gasteiger partial charge >= 0.3 is 0 Å². The maximum atomic E-state index is 6.05. The molecule has 2 heterocycles. The molecule has 0 amide bonds. The highest BCUT2D eigenvalue weighted by Crippen LogP contribution is 2.26. The van der Waals surface area contributed by atoms with Crippen LogP contribution in [0, 0.1) is 6.92 Å². The standard InChI is InChI=1S/C12H13Cl2N3/c1-8-6-10(13)16-12(14)11(8)15-7-9-4-3-5-17(9)2/h3-6,15H,7H2,1-2H3. The summed E-state index contributed by atoms with van der Waals surface area (Å²) in [4.78, 5) is 4.02. The van der Waals surface area contributed by atoms with E-state index in [0.29, 0.717) is 16.9 Å². The molecule has 0 aliphatic heterocycles. The van der Waals surface area contributed by atoms with Crippen LogP contribution < -0.4 is 5.32 Å². The van der Waals surface area contributed by atoms with E-state index < -0.39 is 0 Å². The van der Waals surface area contributed by atoms with Gasteiger partial charge < -0.3 is 9.88 Å². The van der Waals surface area contributed by atoms with Crippen molar-refractivity contribution in [2.45, 2.75) is 13.5 Å². The Hall–Kier alpha value is -1.19. The van der Waals surface area contributed by atoms with Gasteiger partial charge in [0.1, 0.15) is 5.15 Å². The van der Waals surface area contributed by atoms with E-state index in [0.717, 1.165) is 11.3 Å². The zero-order chi connectivity index (χ0) is 12.4. The van der Waals surface area contributed by atoms with E-state index in [1.54, 1.807) is 6.07 Å². The Morgan fingerprint density at radius 2 is 2.18 bits per heavy atom. The van der Waals surface area contributed by atoms with Crippen LogP contribution in [-0.2, 0) is 13.6 Å². The number of nitrogens with one attached hydrogen (secondary N) is 1. The molecule has 0 spiro atoms. The number of anilines is 1. The van der Waals surface area contributed by atoms with Crippen molar-refractivity contribution in [2.24, 2.45) is 7.05 Å². The summed E-state index contributed by atoms with van der Waals surface area (Å²) in [5.41, 5.74) is 3.00. The summed E-state index contributed by atoms with van der Waals surface area (Å²) in [6, 6.07) is 5.85. The molecule has 0 fully saturated rings. The van der Waals surface area contributed by atoms with E-state index in [1.807, 2.05) is 26.2 Å². The smallest absolute Gasteiger partial charge is 0.154 e. The highest BCUT2D eigenvalue weighted by molar-refractivity contribution is 6.34. The van der Waals surface area contributed by atoms with E-state index >= 15 is 0 Å². The number of aryl methyl sites for hydroxylation is 2. The number of aromatic nitrogens is 2. The minimum absolute atomic E-state index is 0.407. The molecule has 0 saturated carbocycles. The highest BCUT2D eigenvalue weighted by atomic mass is 35.5. The Bertz CT molecular complexity index is 511. The van der Waals surface area contributed by atoms with Crippen LogP contribution in [0.15, 0.2) is 24.4 Å². The zero-order valence-corrected chi connectivity index (χ0v) is 11.2. The third kappa shape index (κ3) is 2.73. The van der Waals surface area contributed by atoms with Crippen molar-refractivity contribution in [1.82, 2.24) is 9.55 Å². The minimum Gasteiger partial charge on any atom is -0.377 e. The zero-order valence-electron chi connectivity index (χ0n) is 9.67. The van der Waals surface area contributed by atoms with Crippen LogP contribution in [0.2, 0.25) is 10.3 Å². The first-order valence-electron chi connectivity index (χ1n) is 5.24. The van der Waals surface area contributed by atoms with Gasteiger partial charge in [0, 0.05) is 18.9 Å². The molecule has 17 heavy (non-hydrogen) atoms. The maximum absolute atomic E-state index is 6.05. The van der Waals surface area contributed by atoms with Gasteiger partial charge in [-0.05, 0) is 30.7 Å². The van der Waals surface area contributed by atoms with Crippen molar-refractivity contribution in [3.63, 3.8) is 0 Å². The monoisotopic (exact) mass is 269 g/mol. The lowest BCUT2D eigenvalue weighted by molar-refractivity contribution is 0.841. The summed E-state index contributed by atoms with van der Waals surface area (Å²) in [5.74, 6) is 0. The Balaban J connectivity index is 2.17. The molecule has 0 aliphatic carbocycles. The first kappa shape index (κ1) is 12.3. The molecule has 0 unspecified atom stereocenters. The van der Waals surface area contributed by atoms with Gasteiger partial charge in [-0.3, -0.25) is 0 Å². The number of hydrogen-bond donors (Lipinski definition) is 1. The van der Waals surface area contributed by atoms with E-state index in [-0.39, 0.29) is 0 Å². The van der Waals surface area contributed by atoms with E-state index in [4.69, 9.17) is 23.2 Å². The molecule has 0 atom stereocenters. The van der Waals surface area contributed by atoms with Gasteiger partial charge in [-0.2, -0.15) is 0 Å². The van der Waals surface area contributed by atoms with Crippen LogP contribution in [0.25, 0.3) is 0 Å². The third-order valence-corrected chi connectivity index (χ3v) is 3.11. The second-order valence-corrected chi connectivity index (χ2v) is 4.64. The average Bonchev–Trinajstić information content (AvgIpc) is 2.62. The van der Waals surface area contributed by atoms with Crippen LogP contribution in [0.3, 0.4) is 0 Å². The van der Waals surface area contributed by atoms with Crippen LogP contribution in [0.4, 0.5) is 5.69 Å². The second kappa shape index (κ2) is 4.98. The number of nitrogens with zero attached hydrogens (tertiary/aromatic N) is 2. The molecule has 0 bridgehead atoms. The molecular weight excluding hydrogens is 257 g/mol. The van der Waals surface area contributed by atoms with Crippen molar-refractivity contribution in [1.29, 1.82) is 0 Å². The van der Waals surface area contributed by atoms with E-state index in [1.165, 1.54) is 5.69 Å². The topological polar surface area (TPSA) is 29.9 Å². The molecular formula is C12H13Cl2N3. The number of hydrogen-bond acceptors (Lipinski definition) is 2. The summed E-state index contributed by atoms with van der Waals surface area (Å²) in [7, 11) is 2.01. The van der Waals surface area contributed by atoms with Gasteiger partial charge in [0.15, 0.2) is 5.15 Å². The highest BCUT2D eigenvalue weighted by Gasteiger charge is 2.07. The minimum atomic E-state index is 0.407. The lowest BCUT2D eigenvalue weighted by atomic mass is 10.2. The van der Waals surface area contributed by atoms with Crippen LogP contribution >= 0.6 is 23.2 Å². The predicted octanol–water partition coefficient (Wildman–Crippen LogP) is 3.65. The SMILES string of the molecule is Cc1cc(Cl)nc(Cl)c1NCc1cccn1C. The van der Waals surface area contributed by atoms with Crippen molar-refractivity contribution >= 4 is 28.9 Å². The lowest BCUT2D eigenvalue weighted by Crippen LogP contribution is -2.06. The molecule has 0 aliphatic rings.